The second-order valence-electron chi connectivity index (χ2n) is 5.65. The predicted octanol–water partition coefficient (Wildman–Crippen LogP) is 3.57. The molecule has 27 heavy (non-hydrogen) atoms. The minimum atomic E-state index is -3.46. The van der Waals surface area contributed by atoms with E-state index in [9.17, 15) is 8.42 Å². The summed E-state index contributed by atoms with van der Waals surface area (Å²) in [7, 11) is -1.92. The van der Waals surface area contributed by atoms with Gasteiger partial charge in [-0.15, -0.1) is 11.3 Å². The van der Waals surface area contributed by atoms with Gasteiger partial charge in [0.05, 0.1) is 28.8 Å². The van der Waals surface area contributed by atoms with Crippen molar-refractivity contribution in [1.82, 2.24) is 4.98 Å². The van der Waals surface area contributed by atoms with Crippen LogP contribution in [0.3, 0.4) is 0 Å². The molecule has 2 aromatic carbocycles. The number of benzene rings is 2. The lowest BCUT2D eigenvalue weighted by molar-refractivity contribution is 0.174. The highest BCUT2D eigenvalue weighted by atomic mass is 32.2. The zero-order chi connectivity index (χ0) is 18.9. The maximum absolute atomic E-state index is 12.3. The van der Waals surface area contributed by atoms with Crippen LogP contribution in [0.1, 0.15) is 0 Å². The molecule has 2 heterocycles. The van der Waals surface area contributed by atoms with Crippen LogP contribution in [-0.4, -0.2) is 38.8 Å². The Kier molecular flexibility index (Phi) is 5.02. The molecule has 0 saturated heterocycles. The van der Waals surface area contributed by atoms with Crippen molar-refractivity contribution in [3.8, 4) is 17.2 Å². The molecule has 3 aromatic rings. The highest BCUT2D eigenvalue weighted by Gasteiger charge is 2.17. The molecule has 0 aliphatic carbocycles. The standard InChI is InChI=1S/C17H16N2O5S3/c1-22-12-4-2-3-11(7-12)19-27(20,21)6-5-25-17-18-13-8-14-15(24-10-23-14)9-16(13)26-17/h2-4,7-9,19H,5-6,10H2,1H3. The van der Waals surface area contributed by atoms with Gasteiger partial charge in [-0.05, 0) is 12.1 Å². The first kappa shape index (κ1) is 18.2. The highest BCUT2D eigenvalue weighted by molar-refractivity contribution is 8.02. The summed E-state index contributed by atoms with van der Waals surface area (Å²) in [4.78, 5) is 4.53. The lowest BCUT2D eigenvalue weighted by Crippen LogP contribution is -2.18. The molecule has 0 spiro atoms. The molecule has 142 valence electrons. The van der Waals surface area contributed by atoms with Crippen LogP contribution in [0.15, 0.2) is 40.7 Å². The molecule has 1 aromatic heterocycles. The lowest BCUT2D eigenvalue weighted by Gasteiger charge is -2.08. The number of anilines is 1. The summed E-state index contributed by atoms with van der Waals surface area (Å²) in [6, 6.07) is 10.6. The van der Waals surface area contributed by atoms with Crippen LogP contribution in [0.5, 0.6) is 17.2 Å². The first-order valence-electron chi connectivity index (χ1n) is 8.00. The molecule has 0 saturated carbocycles. The molecule has 1 aliphatic heterocycles. The summed E-state index contributed by atoms with van der Waals surface area (Å²) in [5, 5.41) is 0. The molecule has 7 nitrogen and oxygen atoms in total. The zero-order valence-corrected chi connectivity index (χ0v) is 16.7. The Labute approximate surface area is 164 Å². The first-order valence-corrected chi connectivity index (χ1v) is 11.5. The number of sulfonamides is 1. The van der Waals surface area contributed by atoms with Gasteiger partial charge in [-0.25, -0.2) is 13.4 Å². The van der Waals surface area contributed by atoms with Gasteiger partial charge in [-0.1, -0.05) is 17.8 Å². The SMILES string of the molecule is COc1cccc(NS(=O)(=O)CCSc2nc3cc4c(cc3s2)OCO4)c1. The summed E-state index contributed by atoms with van der Waals surface area (Å²) in [6.07, 6.45) is 0. The van der Waals surface area contributed by atoms with E-state index in [1.54, 1.807) is 24.3 Å². The Morgan fingerprint density at radius 1 is 1.26 bits per heavy atom. The number of fused-ring (bicyclic) bond motifs is 2. The lowest BCUT2D eigenvalue weighted by atomic mass is 10.3. The van der Waals surface area contributed by atoms with Crippen LogP contribution >= 0.6 is 23.1 Å². The second-order valence-corrected chi connectivity index (χ2v) is 9.87. The van der Waals surface area contributed by atoms with Crippen molar-refractivity contribution >= 4 is 49.0 Å². The first-order chi connectivity index (χ1) is 13.0. The fourth-order valence-electron chi connectivity index (χ4n) is 2.51. The molecule has 4 rings (SSSR count). The summed E-state index contributed by atoms with van der Waals surface area (Å²) < 4.78 is 44.7. The fraction of sp³-hybridized carbons (Fsp3) is 0.235. The molecular weight excluding hydrogens is 408 g/mol. The molecule has 0 amide bonds. The van der Waals surface area contributed by atoms with E-state index in [-0.39, 0.29) is 12.5 Å². The second kappa shape index (κ2) is 7.45. The number of thiazole rings is 1. The van der Waals surface area contributed by atoms with Crippen molar-refractivity contribution < 1.29 is 22.6 Å². The number of aromatic nitrogens is 1. The third kappa shape index (κ3) is 4.23. The fourth-order valence-corrected chi connectivity index (χ4v) is 6.11. The predicted molar refractivity (Wildman–Crippen MR) is 107 cm³/mol. The van der Waals surface area contributed by atoms with E-state index in [0.29, 0.717) is 28.7 Å². The number of hydrogen-bond acceptors (Lipinski definition) is 8. The smallest absolute Gasteiger partial charge is 0.233 e. The van der Waals surface area contributed by atoms with Crippen molar-refractivity contribution in [2.24, 2.45) is 0 Å². The Morgan fingerprint density at radius 2 is 2.07 bits per heavy atom. The normalized spacial score (nSPS) is 13.1. The third-order valence-corrected chi connectivity index (χ3v) is 7.49. The van der Waals surface area contributed by atoms with Crippen LogP contribution in [0.25, 0.3) is 10.2 Å². The van der Waals surface area contributed by atoms with E-state index in [1.165, 1.54) is 30.2 Å². The molecule has 0 unspecified atom stereocenters. The molecule has 1 N–H and O–H groups in total. The van der Waals surface area contributed by atoms with Gasteiger partial charge >= 0.3 is 0 Å². The summed E-state index contributed by atoms with van der Waals surface area (Å²) in [6.45, 7) is 0.229. The van der Waals surface area contributed by atoms with Crippen LogP contribution < -0.4 is 18.9 Å². The number of thioether (sulfide) groups is 1. The van der Waals surface area contributed by atoms with Gasteiger partial charge in [0, 0.05) is 24.0 Å². The third-order valence-electron chi connectivity index (χ3n) is 3.78. The van der Waals surface area contributed by atoms with Crippen LogP contribution in [0, 0.1) is 0 Å². The van der Waals surface area contributed by atoms with Gasteiger partial charge in [0.1, 0.15) is 5.75 Å². The molecular formula is C17H16N2O5S3. The van der Waals surface area contributed by atoms with E-state index >= 15 is 0 Å². The molecule has 10 heteroatoms. The zero-order valence-electron chi connectivity index (χ0n) is 14.3. The number of rotatable bonds is 7. The summed E-state index contributed by atoms with van der Waals surface area (Å²) >= 11 is 2.92. The van der Waals surface area contributed by atoms with E-state index in [4.69, 9.17) is 14.2 Å². The average molecular weight is 425 g/mol. The summed E-state index contributed by atoms with van der Waals surface area (Å²) in [5.74, 6) is 2.38. The van der Waals surface area contributed by atoms with Gasteiger partial charge in [0.25, 0.3) is 0 Å². The van der Waals surface area contributed by atoms with Gasteiger partial charge in [-0.2, -0.15) is 0 Å². The van der Waals surface area contributed by atoms with Gasteiger partial charge in [0.2, 0.25) is 16.8 Å². The van der Waals surface area contributed by atoms with Crippen molar-refractivity contribution in [3.05, 3.63) is 36.4 Å². The van der Waals surface area contributed by atoms with E-state index in [0.717, 1.165) is 14.6 Å². The molecule has 1 aliphatic rings. The van der Waals surface area contributed by atoms with Gasteiger partial charge < -0.3 is 14.2 Å². The van der Waals surface area contributed by atoms with Crippen LogP contribution in [0.2, 0.25) is 0 Å². The number of nitrogens with one attached hydrogen (secondary N) is 1. The number of nitrogens with zero attached hydrogens (tertiary/aromatic N) is 1. The Hall–Kier alpha value is -2.17. The Bertz CT molecular complexity index is 1040. The average Bonchev–Trinajstić information content (AvgIpc) is 3.24. The minimum absolute atomic E-state index is 0.0203. The molecule has 0 fully saturated rings. The van der Waals surface area contributed by atoms with Crippen LogP contribution in [-0.2, 0) is 10.0 Å². The van der Waals surface area contributed by atoms with E-state index < -0.39 is 10.0 Å². The molecule has 0 bridgehead atoms. The maximum atomic E-state index is 12.3. The van der Waals surface area contributed by atoms with E-state index in [2.05, 4.69) is 9.71 Å². The summed E-state index contributed by atoms with van der Waals surface area (Å²) in [5.41, 5.74) is 1.30. The monoisotopic (exact) mass is 424 g/mol. The maximum Gasteiger partial charge on any atom is 0.233 e. The number of ether oxygens (including phenoxy) is 3. The van der Waals surface area contributed by atoms with Crippen LogP contribution in [0.4, 0.5) is 5.69 Å². The topological polar surface area (TPSA) is 86.8 Å². The minimum Gasteiger partial charge on any atom is -0.497 e. The quantitative estimate of drug-likeness (QED) is 0.580. The number of hydrogen-bond donors (Lipinski definition) is 1. The van der Waals surface area contributed by atoms with Crippen molar-refractivity contribution in [2.45, 2.75) is 4.34 Å². The Morgan fingerprint density at radius 3 is 2.89 bits per heavy atom. The van der Waals surface area contributed by atoms with Gasteiger partial charge in [-0.3, -0.25) is 4.72 Å². The highest BCUT2D eigenvalue weighted by Crippen LogP contribution is 2.39. The van der Waals surface area contributed by atoms with Crippen molar-refractivity contribution in [3.63, 3.8) is 0 Å². The van der Waals surface area contributed by atoms with Gasteiger partial charge in [0.15, 0.2) is 15.8 Å². The molecule has 0 atom stereocenters. The molecule has 0 radical (unpaired) electrons. The Balaban J connectivity index is 1.38. The van der Waals surface area contributed by atoms with Crippen molar-refractivity contribution in [1.29, 1.82) is 0 Å². The number of methoxy groups -OCH3 is 1. The van der Waals surface area contributed by atoms with Crippen molar-refractivity contribution in [2.75, 3.05) is 30.1 Å². The van der Waals surface area contributed by atoms with E-state index in [1.807, 2.05) is 12.1 Å². The largest absolute Gasteiger partial charge is 0.497 e.